The topological polar surface area (TPSA) is 75.7 Å². The van der Waals surface area contributed by atoms with Gasteiger partial charge < -0.3 is 10.1 Å². The van der Waals surface area contributed by atoms with Gasteiger partial charge in [-0.1, -0.05) is 41.9 Å². The first-order valence-electron chi connectivity index (χ1n) is 8.20. The molecule has 0 saturated carbocycles. The maximum absolute atomic E-state index is 12.5. The Bertz CT molecular complexity index is 1070. The van der Waals surface area contributed by atoms with Crippen molar-refractivity contribution in [1.82, 2.24) is 4.31 Å². The fourth-order valence-electron chi connectivity index (χ4n) is 2.34. The van der Waals surface area contributed by atoms with Crippen LogP contribution in [0.2, 0.25) is 4.34 Å². The summed E-state index contributed by atoms with van der Waals surface area (Å²) in [5.74, 6) is 0.592. The summed E-state index contributed by atoms with van der Waals surface area (Å²) in [6, 6.07) is 19.0. The van der Waals surface area contributed by atoms with Crippen LogP contribution in [-0.4, -0.2) is 32.2 Å². The number of hydrogen-bond acceptors (Lipinski definition) is 5. The summed E-state index contributed by atoms with van der Waals surface area (Å²) < 4.78 is 32.2. The minimum absolute atomic E-state index is 0.0839. The molecule has 3 rings (SSSR count). The lowest BCUT2D eigenvalue weighted by atomic mass is 10.3. The molecule has 0 aliphatic carbocycles. The van der Waals surface area contributed by atoms with Crippen molar-refractivity contribution in [2.75, 3.05) is 18.9 Å². The van der Waals surface area contributed by atoms with Crippen LogP contribution in [0.25, 0.3) is 0 Å². The summed E-state index contributed by atoms with van der Waals surface area (Å²) in [6.45, 7) is -0.350. The molecule has 0 spiro atoms. The lowest BCUT2D eigenvalue weighted by Crippen LogP contribution is -2.34. The van der Waals surface area contributed by atoms with Gasteiger partial charge in [-0.3, -0.25) is 4.79 Å². The number of likely N-dealkylation sites (N-methyl/N-ethyl adjacent to an activating group) is 1. The van der Waals surface area contributed by atoms with Crippen molar-refractivity contribution in [3.05, 3.63) is 71.1 Å². The third-order valence-corrected chi connectivity index (χ3v) is 7.21. The van der Waals surface area contributed by atoms with Gasteiger partial charge in [-0.2, -0.15) is 4.31 Å². The number of carbonyl (C=O) groups is 1. The first-order chi connectivity index (χ1) is 13.4. The molecule has 1 aromatic heterocycles. The average Bonchev–Trinajstić information content (AvgIpc) is 3.11. The van der Waals surface area contributed by atoms with Crippen LogP contribution < -0.4 is 10.1 Å². The number of hydrogen-bond donors (Lipinski definition) is 1. The van der Waals surface area contributed by atoms with Crippen LogP contribution in [0.15, 0.2) is 70.9 Å². The number of nitrogens with one attached hydrogen (secondary N) is 1. The number of nitrogens with zero attached hydrogens (tertiary/aromatic N) is 1. The van der Waals surface area contributed by atoms with Crippen molar-refractivity contribution in [2.24, 2.45) is 0 Å². The van der Waals surface area contributed by atoms with Gasteiger partial charge in [0.05, 0.1) is 16.6 Å². The third kappa shape index (κ3) is 4.90. The fraction of sp³-hybridized carbons (Fsp3) is 0.105. The van der Waals surface area contributed by atoms with Gasteiger partial charge in [0, 0.05) is 7.05 Å². The molecule has 1 heterocycles. The molecule has 146 valence electrons. The van der Waals surface area contributed by atoms with Crippen molar-refractivity contribution in [3.8, 4) is 11.5 Å². The van der Waals surface area contributed by atoms with E-state index in [-0.39, 0.29) is 10.8 Å². The molecule has 0 radical (unpaired) electrons. The summed E-state index contributed by atoms with van der Waals surface area (Å²) in [5.41, 5.74) is 0.446. The zero-order chi connectivity index (χ0) is 20.1. The minimum atomic E-state index is -3.79. The van der Waals surface area contributed by atoms with Gasteiger partial charge >= 0.3 is 0 Å². The summed E-state index contributed by atoms with van der Waals surface area (Å²) in [6.07, 6.45) is 0. The van der Waals surface area contributed by atoms with Crippen molar-refractivity contribution in [3.63, 3.8) is 0 Å². The lowest BCUT2D eigenvalue weighted by molar-refractivity contribution is -0.116. The first-order valence-corrected chi connectivity index (χ1v) is 10.8. The molecule has 0 bridgehead atoms. The molecule has 2 aromatic carbocycles. The van der Waals surface area contributed by atoms with Crippen molar-refractivity contribution < 1.29 is 17.9 Å². The number of para-hydroxylation sites is 3. The number of amides is 1. The summed E-state index contributed by atoms with van der Waals surface area (Å²) >= 11 is 6.75. The molecule has 1 N–H and O–H groups in total. The number of rotatable bonds is 7. The fourth-order valence-corrected chi connectivity index (χ4v) is 5.16. The molecule has 0 aliphatic rings. The molecule has 28 heavy (non-hydrogen) atoms. The highest BCUT2D eigenvalue weighted by molar-refractivity contribution is 7.91. The van der Waals surface area contributed by atoms with E-state index in [9.17, 15) is 13.2 Å². The number of carbonyl (C=O) groups excluding carboxylic acids is 1. The van der Waals surface area contributed by atoms with E-state index in [1.165, 1.54) is 19.2 Å². The Balaban J connectivity index is 1.70. The van der Waals surface area contributed by atoms with E-state index in [0.29, 0.717) is 21.5 Å². The maximum Gasteiger partial charge on any atom is 0.252 e. The minimum Gasteiger partial charge on any atom is -0.455 e. The largest absolute Gasteiger partial charge is 0.455 e. The Morgan fingerprint density at radius 2 is 1.75 bits per heavy atom. The summed E-state index contributed by atoms with van der Waals surface area (Å²) in [4.78, 5) is 12.4. The van der Waals surface area contributed by atoms with E-state index in [1.807, 2.05) is 18.2 Å². The Kier molecular flexibility index (Phi) is 6.35. The quantitative estimate of drug-likeness (QED) is 0.593. The van der Waals surface area contributed by atoms with Gasteiger partial charge in [0.15, 0.2) is 5.75 Å². The number of ether oxygens (including phenoxy) is 1. The number of halogens is 1. The molecule has 0 atom stereocenters. The predicted octanol–water partition coefficient (Wildman–Crippen LogP) is 4.45. The zero-order valence-corrected chi connectivity index (χ0v) is 17.2. The van der Waals surface area contributed by atoms with E-state index in [0.717, 1.165) is 15.6 Å². The molecule has 6 nitrogen and oxygen atoms in total. The van der Waals surface area contributed by atoms with Gasteiger partial charge in [-0.15, -0.1) is 11.3 Å². The van der Waals surface area contributed by atoms with E-state index in [4.69, 9.17) is 16.3 Å². The molecule has 0 aliphatic heterocycles. The van der Waals surface area contributed by atoms with Crippen molar-refractivity contribution >= 4 is 44.6 Å². The molecular formula is C19H17ClN2O4S2. The highest BCUT2D eigenvalue weighted by atomic mass is 35.5. The SMILES string of the molecule is CN(CC(=O)Nc1ccccc1Oc1ccccc1)S(=O)(=O)c1ccc(Cl)s1. The third-order valence-electron chi connectivity index (χ3n) is 3.71. The van der Waals surface area contributed by atoms with Gasteiger partial charge in [-0.25, -0.2) is 8.42 Å². The van der Waals surface area contributed by atoms with Gasteiger partial charge in [0.1, 0.15) is 9.96 Å². The summed E-state index contributed by atoms with van der Waals surface area (Å²) in [5, 5.41) is 2.70. The Morgan fingerprint density at radius 3 is 2.43 bits per heavy atom. The van der Waals surface area contributed by atoms with Crippen molar-refractivity contribution in [1.29, 1.82) is 0 Å². The monoisotopic (exact) mass is 436 g/mol. The highest BCUT2D eigenvalue weighted by Gasteiger charge is 2.25. The van der Waals surface area contributed by atoms with Crippen LogP contribution in [0, 0.1) is 0 Å². The van der Waals surface area contributed by atoms with E-state index < -0.39 is 15.9 Å². The van der Waals surface area contributed by atoms with Crippen LogP contribution in [0.4, 0.5) is 5.69 Å². The maximum atomic E-state index is 12.5. The number of thiophene rings is 1. The van der Waals surface area contributed by atoms with Crippen LogP contribution in [0.1, 0.15) is 0 Å². The van der Waals surface area contributed by atoms with Crippen LogP contribution in [0.5, 0.6) is 11.5 Å². The number of benzene rings is 2. The zero-order valence-electron chi connectivity index (χ0n) is 14.8. The Hall–Kier alpha value is -2.39. The van der Waals surface area contributed by atoms with Gasteiger partial charge in [0.2, 0.25) is 5.91 Å². The molecule has 3 aromatic rings. The smallest absolute Gasteiger partial charge is 0.252 e. The van der Waals surface area contributed by atoms with Gasteiger partial charge in [-0.05, 0) is 36.4 Å². The second-order valence-corrected chi connectivity index (χ2v) is 9.77. The van der Waals surface area contributed by atoms with Gasteiger partial charge in [0.25, 0.3) is 10.0 Å². The highest BCUT2D eigenvalue weighted by Crippen LogP contribution is 2.30. The van der Waals surface area contributed by atoms with E-state index >= 15 is 0 Å². The molecule has 9 heteroatoms. The van der Waals surface area contributed by atoms with E-state index in [2.05, 4.69) is 5.32 Å². The standard InChI is InChI=1S/C19H17ClN2O4S2/c1-22(28(24,25)19-12-11-17(20)27-19)13-18(23)21-15-9-5-6-10-16(15)26-14-7-3-2-4-8-14/h2-12H,13H2,1H3,(H,21,23). The molecular weight excluding hydrogens is 420 g/mol. The van der Waals surface area contributed by atoms with E-state index in [1.54, 1.807) is 36.4 Å². The lowest BCUT2D eigenvalue weighted by Gasteiger charge is -2.17. The molecule has 0 saturated heterocycles. The Labute approximate surface area is 172 Å². The molecule has 0 fully saturated rings. The van der Waals surface area contributed by atoms with Crippen LogP contribution in [-0.2, 0) is 14.8 Å². The van der Waals surface area contributed by atoms with Crippen LogP contribution in [0.3, 0.4) is 0 Å². The Morgan fingerprint density at radius 1 is 1.07 bits per heavy atom. The van der Waals surface area contributed by atoms with Crippen molar-refractivity contribution in [2.45, 2.75) is 4.21 Å². The van der Waals surface area contributed by atoms with Crippen LogP contribution >= 0.6 is 22.9 Å². The predicted molar refractivity (Wildman–Crippen MR) is 111 cm³/mol. The molecule has 0 unspecified atom stereocenters. The molecule has 1 amide bonds. The summed E-state index contributed by atoms with van der Waals surface area (Å²) in [7, 11) is -2.45. The second kappa shape index (κ2) is 8.74. The average molecular weight is 437 g/mol. The first kappa shape index (κ1) is 20.3. The number of anilines is 1. The second-order valence-electron chi connectivity index (χ2n) is 5.78. The number of sulfonamides is 1. The normalized spacial score (nSPS) is 11.4.